The summed E-state index contributed by atoms with van der Waals surface area (Å²) >= 11 is 0. The number of hydrogen-bond donors (Lipinski definition) is 2. The maximum absolute atomic E-state index is 13.0. The van der Waals surface area contributed by atoms with Crippen molar-refractivity contribution in [3.05, 3.63) is 47.2 Å². The fraction of sp³-hybridized carbons (Fsp3) is 0.389. The first kappa shape index (κ1) is 22.8. The van der Waals surface area contributed by atoms with Crippen molar-refractivity contribution in [2.45, 2.75) is 30.9 Å². The Labute approximate surface area is 169 Å². The van der Waals surface area contributed by atoms with Crippen molar-refractivity contribution in [1.82, 2.24) is 4.98 Å². The summed E-state index contributed by atoms with van der Waals surface area (Å²) in [6.45, 7) is -4.41. The van der Waals surface area contributed by atoms with Crippen LogP contribution in [0.4, 0.5) is 40.9 Å². The van der Waals surface area contributed by atoms with E-state index in [4.69, 9.17) is 4.74 Å². The third kappa shape index (κ3) is 4.75. The zero-order chi connectivity index (χ0) is 23.0. The molecule has 31 heavy (non-hydrogen) atoms. The molecular weight excluding hydrogens is 444 g/mol. The summed E-state index contributed by atoms with van der Waals surface area (Å²) in [6, 6.07) is 2.77. The molecular formula is C18H14F8N2O3. The van der Waals surface area contributed by atoms with Crippen LogP contribution in [-0.2, 0) is 17.9 Å². The lowest BCUT2D eigenvalue weighted by molar-refractivity contribution is -0.138. The second-order valence-electron chi connectivity index (χ2n) is 6.62. The number of benzene rings is 1. The quantitative estimate of drug-likeness (QED) is 0.631. The molecule has 0 saturated carbocycles. The SMILES string of the molecule is OC[C@]1(Nc2ncc(C(F)(F)F)cc2OC(F)F)CCOc2cc(C(F)(F)F)ccc21. The zero-order valence-electron chi connectivity index (χ0n) is 15.3. The number of aliphatic hydroxyl groups excluding tert-OH is 1. The van der Waals surface area contributed by atoms with Gasteiger partial charge in [0, 0.05) is 18.2 Å². The van der Waals surface area contributed by atoms with Crippen molar-refractivity contribution >= 4 is 5.82 Å². The van der Waals surface area contributed by atoms with Crippen molar-refractivity contribution < 1.29 is 49.7 Å². The molecule has 2 aromatic rings. The summed E-state index contributed by atoms with van der Waals surface area (Å²) in [6.07, 6.45) is -9.24. The normalized spacial score (nSPS) is 19.0. The lowest BCUT2D eigenvalue weighted by atomic mass is 9.84. The summed E-state index contributed by atoms with van der Waals surface area (Å²) in [7, 11) is 0. The van der Waals surface area contributed by atoms with E-state index < -0.39 is 53.8 Å². The van der Waals surface area contributed by atoms with Gasteiger partial charge in [0.15, 0.2) is 11.6 Å². The Balaban J connectivity index is 2.05. The molecule has 1 aliphatic rings. The van der Waals surface area contributed by atoms with Crippen molar-refractivity contribution in [2.75, 3.05) is 18.5 Å². The van der Waals surface area contributed by atoms with E-state index in [2.05, 4.69) is 15.0 Å². The highest BCUT2D eigenvalue weighted by molar-refractivity contribution is 5.57. The number of rotatable bonds is 5. The number of nitrogens with zero attached hydrogens (tertiary/aromatic N) is 1. The number of anilines is 1. The molecule has 2 N–H and O–H groups in total. The lowest BCUT2D eigenvalue weighted by Crippen LogP contribution is -2.44. The highest BCUT2D eigenvalue weighted by Crippen LogP contribution is 2.44. The van der Waals surface area contributed by atoms with Crippen LogP contribution in [0.15, 0.2) is 30.5 Å². The molecule has 0 unspecified atom stereocenters. The first-order chi connectivity index (χ1) is 14.4. The molecule has 0 spiro atoms. The first-order valence-electron chi connectivity index (χ1n) is 8.61. The number of halogens is 8. The van der Waals surface area contributed by atoms with E-state index in [9.17, 15) is 40.2 Å². The fourth-order valence-electron chi connectivity index (χ4n) is 3.12. The van der Waals surface area contributed by atoms with Crippen molar-refractivity contribution in [3.63, 3.8) is 0 Å². The van der Waals surface area contributed by atoms with Gasteiger partial charge < -0.3 is 19.9 Å². The smallest absolute Gasteiger partial charge is 0.418 e. The van der Waals surface area contributed by atoms with Crippen LogP contribution in [0.25, 0.3) is 0 Å². The van der Waals surface area contributed by atoms with Crippen molar-refractivity contribution in [2.24, 2.45) is 0 Å². The van der Waals surface area contributed by atoms with Crippen LogP contribution in [0.2, 0.25) is 0 Å². The van der Waals surface area contributed by atoms with E-state index in [-0.39, 0.29) is 24.3 Å². The third-order valence-corrected chi connectivity index (χ3v) is 4.63. The molecule has 1 aliphatic heterocycles. The summed E-state index contributed by atoms with van der Waals surface area (Å²) in [4.78, 5) is 3.49. The van der Waals surface area contributed by atoms with E-state index >= 15 is 0 Å². The molecule has 1 aromatic carbocycles. The summed E-state index contributed by atoms with van der Waals surface area (Å²) in [5.74, 6) is -1.74. The minimum absolute atomic E-state index is 0.0407. The second-order valence-corrected chi connectivity index (χ2v) is 6.62. The number of aromatic nitrogens is 1. The van der Waals surface area contributed by atoms with Gasteiger partial charge in [-0.05, 0) is 18.2 Å². The maximum atomic E-state index is 13.0. The van der Waals surface area contributed by atoms with Gasteiger partial charge in [-0.3, -0.25) is 0 Å². The van der Waals surface area contributed by atoms with E-state index in [1.807, 2.05) is 0 Å². The Morgan fingerprint density at radius 3 is 2.35 bits per heavy atom. The molecule has 1 aromatic heterocycles. The Bertz CT molecular complexity index is 948. The van der Waals surface area contributed by atoms with E-state index in [1.165, 1.54) is 0 Å². The summed E-state index contributed by atoms with van der Waals surface area (Å²) in [5, 5.41) is 12.6. The number of alkyl halides is 8. The van der Waals surface area contributed by atoms with Gasteiger partial charge in [-0.2, -0.15) is 35.1 Å². The van der Waals surface area contributed by atoms with Crippen LogP contribution < -0.4 is 14.8 Å². The zero-order valence-corrected chi connectivity index (χ0v) is 15.3. The number of ether oxygens (including phenoxy) is 2. The van der Waals surface area contributed by atoms with Gasteiger partial charge in [-0.1, -0.05) is 6.07 Å². The first-order valence-corrected chi connectivity index (χ1v) is 8.61. The molecule has 5 nitrogen and oxygen atoms in total. The highest BCUT2D eigenvalue weighted by Gasteiger charge is 2.41. The van der Waals surface area contributed by atoms with Gasteiger partial charge in [0.2, 0.25) is 0 Å². The van der Waals surface area contributed by atoms with Gasteiger partial charge in [-0.15, -0.1) is 0 Å². The average molecular weight is 458 g/mol. The molecule has 13 heteroatoms. The lowest BCUT2D eigenvalue weighted by Gasteiger charge is -2.39. The number of hydrogen-bond acceptors (Lipinski definition) is 5. The number of aliphatic hydroxyl groups is 1. The number of fused-ring (bicyclic) bond motifs is 1. The minimum atomic E-state index is -4.89. The van der Waals surface area contributed by atoms with Crippen LogP contribution in [0.1, 0.15) is 23.1 Å². The van der Waals surface area contributed by atoms with Crippen molar-refractivity contribution in [3.8, 4) is 11.5 Å². The predicted octanol–water partition coefficient (Wildman–Crippen LogP) is 4.80. The summed E-state index contributed by atoms with van der Waals surface area (Å²) < 4.78 is 113. The van der Waals surface area contributed by atoms with Gasteiger partial charge in [0.1, 0.15) is 5.75 Å². The standard InChI is InChI=1S/C18H14F8N2O3/c19-15(20)31-13-6-10(18(24,25)26)7-27-14(13)28-16(8-29)3-4-30-12-5-9(17(21,22)23)1-2-11(12)16/h1-2,5-7,15,29H,3-4,8H2,(H,27,28)/t16-/m1/s1. The highest BCUT2D eigenvalue weighted by atomic mass is 19.4. The van der Waals surface area contributed by atoms with Gasteiger partial charge in [0.25, 0.3) is 0 Å². The van der Waals surface area contributed by atoms with Gasteiger partial charge in [-0.25, -0.2) is 4.98 Å². The van der Waals surface area contributed by atoms with Crippen LogP contribution in [0.3, 0.4) is 0 Å². The fourth-order valence-corrected chi connectivity index (χ4v) is 3.12. The number of nitrogens with one attached hydrogen (secondary N) is 1. The molecule has 0 radical (unpaired) electrons. The molecule has 2 heterocycles. The molecule has 0 bridgehead atoms. The molecule has 3 rings (SSSR count). The van der Waals surface area contributed by atoms with E-state index in [0.717, 1.165) is 12.1 Å². The van der Waals surface area contributed by atoms with Crippen LogP contribution in [0.5, 0.6) is 11.5 Å². The van der Waals surface area contributed by atoms with Crippen LogP contribution >= 0.6 is 0 Å². The van der Waals surface area contributed by atoms with Gasteiger partial charge >= 0.3 is 19.0 Å². The predicted molar refractivity (Wildman–Crippen MR) is 89.8 cm³/mol. The molecule has 1 atom stereocenters. The molecule has 0 amide bonds. The van der Waals surface area contributed by atoms with Gasteiger partial charge in [0.05, 0.1) is 29.9 Å². The Kier molecular flexibility index (Phi) is 5.91. The van der Waals surface area contributed by atoms with Crippen molar-refractivity contribution in [1.29, 1.82) is 0 Å². The van der Waals surface area contributed by atoms with Crippen LogP contribution in [0, 0.1) is 0 Å². The molecule has 0 aliphatic carbocycles. The van der Waals surface area contributed by atoms with E-state index in [0.29, 0.717) is 18.3 Å². The Morgan fingerprint density at radius 2 is 1.77 bits per heavy atom. The minimum Gasteiger partial charge on any atom is -0.493 e. The van der Waals surface area contributed by atoms with Crippen LogP contribution in [-0.4, -0.2) is 29.9 Å². The third-order valence-electron chi connectivity index (χ3n) is 4.63. The van der Waals surface area contributed by atoms with E-state index in [1.54, 1.807) is 0 Å². The Morgan fingerprint density at radius 1 is 1.10 bits per heavy atom. The topological polar surface area (TPSA) is 63.6 Å². The molecule has 0 saturated heterocycles. The maximum Gasteiger partial charge on any atom is 0.418 e. The average Bonchev–Trinajstić information content (AvgIpc) is 2.67. The summed E-state index contributed by atoms with van der Waals surface area (Å²) in [5.41, 5.74) is -3.91. The second kappa shape index (κ2) is 8.02. The number of pyridine rings is 1. The molecule has 170 valence electrons. The largest absolute Gasteiger partial charge is 0.493 e. The molecule has 0 fully saturated rings. The Hall–Kier alpha value is -2.83. The monoisotopic (exact) mass is 458 g/mol.